The van der Waals surface area contributed by atoms with Crippen LogP contribution in [0, 0.1) is 13.8 Å². The van der Waals surface area contributed by atoms with Gasteiger partial charge in [0.1, 0.15) is 0 Å². The molecule has 1 nitrogen and oxygen atoms in total. The second kappa shape index (κ2) is 3.25. The number of rotatable bonds is 0. The van der Waals surface area contributed by atoms with Crippen LogP contribution in [0.1, 0.15) is 11.1 Å². The molecular weight excluding hydrogens is 112 g/mol. The normalized spacial score (nSPS) is 8.22. The van der Waals surface area contributed by atoms with Crippen molar-refractivity contribution in [3.63, 3.8) is 0 Å². The zero-order valence-electron chi connectivity index (χ0n) is 5.76. The fraction of sp³-hybridized carbons (Fsp3) is 0.250. The first-order chi connectivity index (χ1) is 3.79. The second-order valence-corrected chi connectivity index (χ2v) is 2.16. The minimum absolute atomic E-state index is 0. The quantitative estimate of drug-likeness (QED) is 0.547. The van der Waals surface area contributed by atoms with Gasteiger partial charge in [-0.15, -0.1) is 0 Å². The molecule has 1 heteroatoms. The molecule has 0 unspecified atom stereocenters. The van der Waals surface area contributed by atoms with Crippen LogP contribution in [0.5, 0.6) is 0 Å². The van der Waals surface area contributed by atoms with Gasteiger partial charge in [0.25, 0.3) is 0 Å². The van der Waals surface area contributed by atoms with E-state index in [9.17, 15) is 0 Å². The van der Waals surface area contributed by atoms with E-state index in [0.717, 1.165) is 0 Å². The topological polar surface area (TPSA) is 30.0 Å². The van der Waals surface area contributed by atoms with Gasteiger partial charge in [-0.2, -0.15) is 0 Å². The SMILES string of the molecule is Cc1cccc(C)c1.[OH]. The van der Waals surface area contributed by atoms with Crippen LogP contribution < -0.4 is 0 Å². The largest absolute Gasteiger partial charge is 0.255 e. The molecule has 1 radical (unpaired) electrons. The molecular formula is C8H11O. The molecule has 0 saturated heterocycles. The maximum atomic E-state index is 2.17. The lowest BCUT2D eigenvalue weighted by Crippen LogP contribution is -1.71. The molecule has 1 rings (SSSR count). The van der Waals surface area contributed by atoms with E-state index in [-0.39, 0.29) is 5.48 Å². The first kappa shape index (κ1) is 8.18. The summed E-state index contributed by atoms with van der Waals surface area (Å²) in [7, 11) is 0. The van der Waals surface area contributed by atoms with Crippen molar-refractivity contribution >= 4 is 0 Å². The smallest absolute Gasteiger partial charge is 0.0398 e. The second-order valence-electron chi connectivity index (χ2n) is 2.16. The Morgan fingerprint density at radius 2 is 1.44 bits per heavy atom. The van der Waals surface area contributed by atoms with Crippen molar-refractivity contribution in [2.75, 3.05) is 0 Å². The Morgan fingerprint density at radius 3 is 1.67 bits per heavy atom. The lowest BCUT2D eigenvalue weighted by molar-refractivity contribution is 0.824. The zero-order valence-corrected chi connectivity index (χ0v) is 5.76. The number of aryl methyl sites for hydroxylation is 2. The van der Waals surface area contributed by atoms with Crippen molar-refractivity contribution in [3.05, 3.63) is 35.4 Å². The molecule has 0 bridgehead atoms. The van der Waals surface area contributed by atoms with E-state index in [0.29, 0.717) is 0 Å². The van der Waals surface area contributed by atoms with Crippen molar-refractivity contribution in [1.82, 2.24) is 0 Å². The highest BCUT2D eigenvalue weighted by Crippen LogP contribution is 2.00. The van der Waals surface area contributed by atoms with E-state index in [1.165, 1.54) is 11.1 Å². The molecule has 0 aliphatic heterocycles. The predicted molar refractivity (Wildman–Crippen MR) is 37.9 cm³/mol. The van der Waals surface area contributed by atoms with Gasteiger partial charge in [0, 0.05) is 0 Å². The highest BCUT2D eigenvalue weighted by atomic mass is 16.0. The average Bonchev–Trinajstić information content (AvgIpc) is 1.64. The van der Waals surface area contributed by atoms with E-state index in [1.54, 1.807) is 0 Å². The number of benzene rings is 1. The summed E-state index contributed by atoms with van der Waals surface area (Å²) in [5.41, 5.74) is 2.68. The molecule has 1 N–H and O–H groups in total. The first-order valence-electron chi connectivity index (χ1n) is 2.82. The summed E-state index contributed by atoms with van der Waals surface area (Å²) in [5.74, 6) is 0. The van der Waals surface area contributed by atoms with Gasteiger partial charge >= 0.3 is 0 Å². The van der Waals surface area contributed by atoms with Crippen LogP contribution in [-0.4, -0.2) is 5.48 Å². The molecule has 0 spiro atoms. The van der Waals surface area contributed by atoms with Gasteiger partial charge in [0.2, 0.25) is 0 Å². The first-order valence-corrected chi connectivity index (χ1v) is 2.82. The molecule has 0 atom stereocenters. The standard InChI is InChI=1S/C8H10.HO/c1-7-4-3-5-8(2)6-7;/h3-6H,1-2H3;1H. The third kappa shape index (κ3) is 2.29. The third-order valence-corrected chi connectivity index (χ3v) is 1.17. The molecule has 9 heavy (non-hydrogen) atoms. The lowest BCUT2D eigenvalue weighted by atomic mass is 10.2. The summed E-state index contributed by atoms with van der Waals surface area (Å²) in [6.07, 6.45) is 0. The van der Waals surface area contributed by atoms with Crippen molar-refractivity contribution in [2.45, 2.75) is 13.8 Å². The number of hydrogen-bond donors (Lipinski definition) is 1. The van der Waals surface area contributed by atoms with Gasteiger partial charge in [0.05, 0.1) is 0 Å². The molecule has 0 aliphatic rings. The van der Waals surface area contributed by atoms with Gasteiger partial charge in [-0.1, -0.05) is 35.4 Å². The molecule has 0 amide bonds. The predicted octanol–water partition coefficient (Wildman–Crippen LogP) is 2.13. The van der Waals surface area contributed by atoms with E-state index in [2.05, 4.69) is 38.1 Å². The summed E-state index contributed by atoms with van der Waals surface area (Å²) in [6.45, 7) is 4.21. The summed E-state index contributed by atoms with van der Waals surface area (Å²) in [6, 6.07) is 8.45. The fourth-order valence-electron chi connectivity index (χ4n) is 0.807. The van der Waals surface area contributed by atoms with Gasteiger partial charge in [0.15, 0.2) is 0 Å². The van der Waals surface area contributed by atoms with Crippen LogP contribution in [-0.2, 0) is 0 Å². The van der Waals surface area contributed by atoms with Gasteiger partial charge < -0.3 is 0 Å². The Bertz CT molecular complexity index is 164. The van der Waals surface area contributed by atoms with Crippen molar-refractivity contribution in [3.8, 4) is 0 Å². The van der Waals surface area contributed by atoms with Crippen LogP contribution in [0.3, 0.4) is 0 Å². The van der Waals surface area contributed by atoms with Crippen LogP contribution in [0.4, 0.5) is 0 Å². The van der Waals surface area contributed by atoms with Gasteiger partial charge in [-0.05, 0) is 13.8 Å². The van der Waals surface area contributed by atoms with E-state index >= 15 is 0 Å². The summed E-state index contributed by atoms with van der Waals surface area (Å²) in [5, 5.41) is 0. The maximum Gasteiger partial charge on any atom is -0.0398 e. The maximum absolute atomic E-state index is 2.17. The monoisotopic (exact) mass is 123 g/mol. The number of hydrogen-bond acceptors (Lipinski definition) is 0. The Morgan fingerprint density at radius 1 is 1.00 bits per heavy atom. The zero-order chi connectivity index (χ0) is 5.98. The Hall–Kier alpha value is -0.820. The Kier molecular flexibility index (Phi) is 2.96. The minimum Gasteiger partial charge on any atom is -0.255 e. The van der Waals surface area contributed by atoms with Crippen molar-refractivity contribution in [2.24, 2.45) is 0 Å². The summed E-state index contributed by atoms with van der Waals surface area (Å²) in [4.78, 5) is 0. The fourth-order valence-corrected chi connectivity index (χ4v) is 0.807. The molecule has 0 saturated carbocycles. The highest BCUT2D eigenvalue weighted by Gasteiger charge is 1.80. The van der Waals surface area contributed by atoms with Gasteiger partial charge in [-0.25, -0.2) is 0 Å². The van der Waals surface area contributed by atoms with Crippen LogP contribution >= 0.6 is 0 Å². The van der Waals surface area contributed by atoms with Crippen molar-refractivity contribution in [1.29, 1.82) is 0 Å². The Labute approximate surface area is 55.6 Å². The van der Waals surface area contributed by atoms with Gasteiger partial charge in [-0.3, -0.25) is 5.48 Å². The molecule has 1 aromatic carbocycles. The van der Waals surface area contributed by atoms with E-state index in [1.807, 2.05) is 0 Å². The molecule has 0 heterocycles. The summed E-state index contributed by atoms with van der Waals surface area (Å²) >= 11 is 0. The average molecular weight is 123 g/mol. The van der Waals surface area contributed by atoms with Crippen molar-refractivity contribution < 1.29 is 5.48 Å². The third-order valence-electron chi connectivity index (χ3n) is 1.17. The molecule has 0 aliphatic carbocycles. The molecule has 0 aromatic heterocycles. The van der Waals surface area contributed by atoms with Crippen LogP contribution in [0.25, 0.3) is 0 Å². The lowest BCUT2D eigenvalue weighted by Gasteiger charge is -1.90. The summed E-state index contributed by atoms with van der Waals surface area (Å²) < 4.78 is 0. The van der Waals surface area contributed by atoms with Crippen LogP contribution in [0.15, 0.2) is 24.3 Å². The molecule has 1 aromatic rings. The van der Waals surface area contributed by atoms with E-state index in [4.69, 9.17) is 0 Å². The Balaban J connectivity index is 0.000000640. The molecule has 49 valence electrons. The molecule has 0 fully saturated rings. The van der Waals surface area contributed by atoms with Crippen LogP contribution in [0.2, 0.25) is 0 Å². The van der Waals surface area contributed by atoms with E-state index < -0.39 is 0 Å². The highest BCUT2D eigenvalue weighted by molar-refractivity contribution is 5.20. The minimum atomic E-state index is 0.